The van der Waals surface area contributed by atoms with Gasteiger partial charge in [-0.3, -0.25) is 21.9 Å². The molecule has 9 N–H and O–H groups in total. The van der Waals surface area contributed by atoms with Crippen molar-refractivity contribution in [3.05, 3.63) is 0 Å². The van der Waals surface area contributed by atoms with Gasteiger partial charge >= 0.3 is 59.8 Å². The van der Waals surface area contributed by atoms with Crippen LogP contribution in [0.5, 0.6) is 0 Å². The van der Waals surface area contributed by atoms with Crippen molar-refractivity contribution in [2.75, 3.05) is 6.61 Å². The number of hydrazine groups is 2. The number of hydrogen-bond donors (Lipinski definition) is 4. The number of nitrogens with two attached hydrogens (primary N) is 3. The van der Waals surface area contributed by atoms with Crippen LogP contribution in [0.1, 0.15) is 6.92 Å². The normalized spacial score (nSPS) is 13.6. The van der Waals surface area contributed by atoms with Gasteiger partial charge < -0.3 is 10.2 Å². The molecule has 0 aliphatic rings. The van der Waals surface area contributed by atoms with E-state index in [4.69, 9.17) is 0 Å². The first kappa shape index (κ1) is 42.6. The first-order valence-electron chi connectivity index (χ1n) is 7.88. The van der Waals surface area contributed by atoms with Crippen molar-refractivity contribution in [1.29, 1.82) is 0 Å². The Morgan fingerprint density at radius 3 is 1.08 bits per heavy atom. The number of ether oxygens (including phenoxy) is 1. The number of hydrogen-bond acceptors (Lipinski definition) is 6. The van der Waals surface area contributed by atoms with Crippen LogP contribution in [0.2, 0.25) is 0 Å². The summed E-state index contributed by atoms with van der Waals surface area (Å²) < 4.78 is 221. The van der Waals surface area contributed by atoms with Gasteiger partial charge in [-0.2, -0.15) is 79.0 Å². The van der Waals surface area contributed by atoms with E-state index in [-0.39, 0.29) is 5.48 Å². The smallest absolute Gasteiger partial charge is 0.460 e. The van der Waals surface area contributed by atoms with Crippen molar-refractivity contribution in [1.82, 2.24) is 5.43 Å². The van der Waals surface area contributed by atoms with Crippen molar-refractivity contribution >= 4 is 11.9 Å². The van der Waals surface area contributed by atoms with Crippen LogP contribution < -0.4 is 23.0 Å². The zero-order chi connectivity index (χ0) is 31.3. The summed E-state index contributed by atoms with van der Waals surface area (Å²) in [4.78, 5) is 20.4. The lowest BCUT2D eigenvalue weighted by Crippen LogP contribution is -2.65. The van der Waals surface area contributed by atoms with Gasteiger partial charge in [-0.1, -0.05) is 0 Å². The summed E-state index contributed by atoms with van der Waals surface area (Å²) in [6.45, 7) is -0.0316. The topological polar surface area (TPSA) is 165 Å². The Morgan fingerprint density at radius 2 is 0.868 bits per heavy atom. The van der Waals surface area contributed by atoms with Gasteiger partial charge in [0.2, 0.25) is 0 Å². The standard InChI is InChI=1S/C7H5F9O2.C5H3F9N2O.H4N2.H2O/c1-2-18-3(17)4(8,9)5(10,11)6(12,13)7(14,15)16;6-2(7,1(17)16-15)3(8,9)4(10,11)5(12,13)14;1-2;/h2H2,1H3;15H2,(H,16,17);1-2H2;1H2. The van der Waals surface area contributed by atoms with Crippen LogP contribution in [-0.4, -0.2) is 71.8 Å². The average molecular weight is 620 g/mol. The predicted octanol–water partition coefficient (Wildman–Crippen LogP) is 2.46. The molecule has 0 bridgehead atoms. The second-order valence-corrected chi connectivity index (χ2v) is 5.64. The Morgan fingerprint density at radius 1 is 0.605 bits per heavy atom. The molecule has 0 aromatic carbocycles. The van der Waals surface area contributed by atoms with Gasteiger partial charge in [-0.15, -0.1) is 0 Å². The molecule has 0 spiro atoms. The van der Waals surface area contributed by atoms with Crippen LogP contribution in [-0.2, 0) is 14.3 Å². The minimum absolute atomic E-state index is 0. The van der Waals surface area contributed by atoms with Crippen molar-refractivity contribution in [3.8, 4) is 0 Å². The molecule has 0 heterocycles. The van der Waals surface area contributed by atoms with Gasteiger partial charge in [0.1, 0.15) is 0 Å². The zero-order valence-corrected chi connectivity index (χ0v) is 17.5. The highest BCUT2D eigenvalue weighted by molar-refractivity contribution is 5.84. The van der Waals surface area contributed by atoms with E-state index in [9.17, 15) is 88.6 Å². The van der Waals surface area contributed by atoms with Gasteiger partial charge in [0.25, 0.3) is 0 Å². The fourth-order valence-corrected chi connectivity index (χ4v) is 1.33. The van der Waals surface area contributed by atoms with Crippen LogP contribution in [0.4, 0.5) is 79.0 Å². The zero-order valence-electron chi connectivity index (χ0n) is 17.5. The molecular weight excluding hydrogens is 606 g/mol. The molecule has 0 unspecified atom stereocenters. The third-order valence-electron chi connectivity index (χ3n) is 3.24. The van der Waals surface area contributed by atoms with Crippen LogP contribution in [0.3, 0.4) is 0 Å². The summed E-state index contributed by atoms with van der Waals surface area (Å²) in [5.41, 5.74) is 0.365. The molecule has 0 fully saturated rings. The van der Waals surface area contributed by atoms with Crippen molar-refractivity contribution in [3.63, 3.8) is 0 Å². The highest BCUT2D eigenvalue weighted by Gasteiger charge is 2.85. The molecule has 0 aliphatic carbocycles. The fraction of sp³-hybridized carbons (Fsp3) is 0.833. The highest BCUT2D eigenvalue weighted by Crippen LogP contribution is 2.54. The molecular formula is C12H14F18N4O4. The number of carbonyl (C=O) groups is 2. The quantitative estimate of drug-likeness (QED) is 0.112. The molecule has 26 heteroatoms. The van der Waals surface area contributed by atoms with Gasteiger partial charge in [0.15, 0.2) is 0 Å². The molecule has 0 rings (SSSR count). The van der Waals surface area contributed by atoms with Crippen LogP contribution >= 0.6 is 0 Å². The van der Waals surface area contributed by atoms with E-state index >= 15 is 0 Å². The summed E-state index contributed by atoms with van der Waals surface area (Å²) in [5, 5.41) is 0. The molecule has 38 heavy (non-hydrogen) atoms. The van der Waals surface area contributed by atoms with Crippen molar-refractivity contribution in [2.45, 2.75) is 54.8 Å². The molecule has 0 aromatic heterocycles. The number of esters is 1. The maximum absolute atomic E-state index is 12.6. The lowest BCUT2D eigenvalue weighted by molar-refractivity contribution is -0.390. The van der Waals surface area contributed by atoms with Gasteiger partial charge in [0, 0.05) is 0 Å². The molecule has 0 saturated heterocycles. The molecule has 1 amide bonds. The molecule has 0 atom stereocenters. The fourth-order valence-electron chi connectivity index (χ4n) is 1.33. The first-order valence-corrected chi connectivity index (χ1v) is 7.88. The van der Waals surface area contributed by atoms with Crippen LogP contribution in [0.15, 0.2) is 0 Å². The Bertz CT molecular complexity index is 767. The second kappa shape index (κ2) is 13.0. The largest absolute Gasteiger partial charge is 0.461 e. The Hall–Kier alpha value is -2.48. The minimum Gasteiger partial charge on any atom is -0.461 e. The molecule has 0 saturated carbocycles. The third-order valence-corrected chi connectivity index (χ3v) is 3.24. The van der Waals surface area contributed by atoms with E-state index in [1.165, 1.54) is 0 Å². The Labute approximate surface area is 196 Å². The van der Waals surface area contributed by atoms with Gasteiger partial charge in [-0.25, -0.2) is 10.6 Å². The van der Waals surface area contributed by atoms with Crippen molar-refractivity contribution in [2.24, 2.45) is 17.5 Å². The van der Waals surface area contributed by atoms with Crippen LogP contribution in [0, 0.1) is 0 Å². The van der Waals surface area contributed by atoms with E-state index < -0.39 is 66.4 Å². The summed E-state index contributed by atoms with van der Waals surface area (Å²) in [6.07, 6.45) is -13.9. The van der Waals surface area contributed by atoms with Gasteiger partial charge in [-0.05, 0) is 6.92 Å². The first-order chi connectivity index (χ1) is 16.0. The highest BCUT2D eigenvalue weighted by atomic mass is 19.4. The lowest BCUT2D eigenvalue weighted by Gasteiger charge is -2.32. The van der Waals surface area contributed by atoms with Crippen LogP contribution in [0.25, 0.3) is 0 Å². The molecule has 0 aromatic rings. The Balaban J connectivity index is -0.000000279. The second-order valence-electron chi connectivity index (χ2n) is 5.64. The molecule has 8 nitrogen and oxygen atoms in total. The predicted molar refractivity (Wildman–Crippen MR) is 82.7 cm³/mol. The average Bonchev–Trinajstić information content (AvgIpc) is 2.72. The maximum Gasteiger partial charge on any atom is 0.460 e. The molecule has 0 aliphatic heterocycles. The summed E-state index contributed by atoms with van der Waals surface area (Å²) in [6, 6.07) is 0. The maximum atomic E-state index is 12.6. The summed E-state index contributed by atoms with van der Waals surface area (Å²) in [5.74, 6) is -35.2. The summed E-state index contributed by atoms with van der Waals surface area (Å²) >= 11 is 0. The number of nitrogens with one attached hydrogen (secondary N) is 1. The van der Waals surface area contributed by atoms with E-state index in [1.54, 1.807) is 0 Å². The van der Waals surface area contributed by atoms with E-state index in [0.29, 0.717) is 5.43 Å². The molecule has 0 radical (unpaired) electrons. The van der Waals surface area contributed by atoms with Crippen molar-refractivity contribution < 1.29 is 98.8 Å². The summed E-state index contributed by atoms with van der Waals surface area (Å²) in [7, 11) is 0. The third kappa shape index (κ3) is 7.55. The minimum atomic E-state index is -7.10. The lowest BCUT2D eigenvalue weighted by atomic mass is 10.0. The molecule has 232 valence electrons. The van der Waals surface area contributed by atoms with E-state index in [0.717, 1.165) is 6.92 Å². The number of halogens is 18. The number of carbonyl (C=O) groups excluding carboxylic acids is 2. The number of alkyl halides is 18. The number of rotatable bonds is 7. The van der Waals surface area contributed by atoms with Gasteiger partial charge in [0.05, 0.1) is 6.61 Å². The van der Waals surface area contributed by atoms with E-state index in [1.807, 2.05) is 0 Å². The SMILES string of the molecule is CCOC(=O)C(F)(F)C(F)(F)C(F)(F)C(F)(F)F.NN.NNC(=O)C(F)(F)C(F)(F)C(F)(F)C(F)(F)F.O. The Kier molecular flexibility index (Phi) is 14.6. The van der Waals surface area contributed by atoms with E-state index in [2.05, 4.69) is 22.3 Å². The number of amides is 1. The monoisotopic (exact) mass is 620 g/mol.